The number of benzene rings is 9. The van der Waals surface area contributed by atoms with Gasteiger partial charge in [-0.3, -0.25) is 0 Å². The molecule has 0 saturated heterocycles. The van der Waals surface area contributed by atoms with Crippen LogP contribution in [-0.4, -0.2) is 9.13 Å². The molecule has 2 aromatic heterocycles. The van der Waals surface area contributed by atoms with E-state index in [1.165, 1.54) is 92.4 Å². The molecule has 0 bridgehead atoms. The van der Waals surface area contributed by atoms with Gasteiger partial charge in [0.15, 0.2) is 0 Å². The molecule has 0 atom stereocenters. The molecular weight excluding hydrogens is 581 g/mol. The van der Waals surface area contributed by atoms with Crippen LogP contribution in [0.15, 0.2) is 170 Å². The van der Waals surface area contributed by atoms with Crippen molar-refractivity contribution in [3.05, 3.63) is 170 Å². The van der Waals surface area contributed by atoms with Gasteiger partial charge in [-0.05, 0) is 79.5 Å². The Morgan fingerprint density at radius 3 is 1.35 bits per heavy atom. The van der Waals surface area contributed by atoms with Crippen molar-refractivity contribution < 1.29 is 0 Å². The third-order valence-electron chi connectivity index (χ3n) is 10.4. The average molecular weight is 609 g/mol. The van der Waals surface area contributed by atoms with Crippen molar-refractivity contribution in [3.63, 3.8) is 0 Å². The van der Waals surface area contributed by atoms with Crippen LogP contribution in [0.1, 0.15) is 0 Å². The van der Waals surface area contributed by atoms with Crippen molar-refractivity contribution in [2.75, 3.05) is 0 Å². The Morgan fingerprint density at radius 1 is 0.250 bits per heavy atom. The Bertz CT molecular complexity index is 3120. The Hall–Kier alpha value is -6.38. The minimum atomic E-state index is 1.16. The van der Waals surface area contributed by atoms with E-state index in [9.17, 15) is 0 Å². The van der Waals surface area contributed by atoms with E-state index in [-0.39, 0.29) is 0 Å². The summed E-state index contributed by atoms with van der Waals surface area (Å²) in [4.78, 5) is 0. The first-order valence-electron chi connectivity index (χ1n) is 16.6. The van der Waals surface area contributed by atoms with E-state index in [1.54, 1.807) is 0 Å². The van der Waals surface area contributed by atoms with Crippen LogP contribution in [0.4, 0.5) is 0 Å². The molecule has 11 rings (SSSR count). The van der Waals surface area contributed by atoms with E-state index in [1.807, 2.05) is 0 Å². The van der Waals surface area contributed by atoms with Crippen molar-refractivity contribution in [2.45, 2.75) is 0 Å². The number of para-hydroxylation sites is 2. The number of rotatable bonds is 2. The van der Waals surface area contributed by atoms with Gasteiger partial charge in [0.25, 0.3) is 0 Å². The number of hydrogen-bond donors (Lipinski definition) is 0. The predicted octanol–water partition coefficient (Wildman–Crippen LogP) is 12.5. The summed E-state index contributed by atoms with van der Waals surface area (Å²) >= 11 is 0. The molecule has 0 fully saturated rings. The van der Waals surface area contributed by atoms with Crippen LogP contribution in [-0.2, 0) is 0 Å². The van der Waals surface area contributed by atoms with Gasteiger partial charge in [0, 0.05) is 32.9 Å². The molecule has 0 spiro atoms. The Morgan fingerprint density at radius 2 is 0.688 bits per heavy atom. The van der Waals surface area contributed by atoms with E-state index in [0.717, 1.165) is 5.69 Å². The molecule has 0 aliphatic heterocycles. The lowest BCUT2D eigenvalue weighted by molar-refractivity contribution is 1.15. The van der Waals surface area contributed by atoms with Gasteiger partial charge in [0.1, 0.15) is 0 Å². The Kier molecular flexibility index (Phi) is 5.14. The fourth-order valence-electron chi connectivity index (χ4n) is 8.30. The van der Waals surface area contributed by atoms with Crippen LogP contribution in [0, 0.1) is 0 Å². The molecule has 0 aliphatic carbocycles. The Balaban J connectivity index is 1.30. The maximum absolute atomic E-state index is 2.50. The number of fused-ring (bicyclic) bond motifs is 13. The standard InChI is InChI=1S/C46H28N2/c1-2-11-32-27-33(21-17-29(32)9-1)47-43-15-7-5-13-38(43)40-25-26-41-39-14-6-8-16-44(39)48(46(41)45(40)47)34-22-18-31-20-23-36-35-12-4-3-10-30(35)19-24-37(36)42(31)28-34/h1-28H. The fourth-order valence-corrected chi connectivity index (χ4v) is 8.30. The van der Waals surface area contributed by atoms with Crippen LogP contribution < -0.4 is 0 Å². The maximum atomic E-state index is 2.50. The third kappa shape index (κ3) is 3.46. The fraction of sp³-hybridized carbons (Fsp3) is 0. The van der Waals surface area contributed by atoms with Gasteiger partial charge in [0.2, 0.25) is 0 Å². The van der Waals surface area contributed by atoms with Crippen molar-refractivity contribution in [2.24, 2.45) is 0 Å². The van der Waals surface area contributed by atoms with E-state index >= 15 is 0 Å². The summed E-state index contributed by atoms with van der Waals surface area (Å²) in [7, 11) is 0. The number of aromatic nitrogens is 2. The average Bonchev–Trinajstić information content (AvgIpc) is 3.67. The lowest BCUT2D eigenvalue weighted by atomic mass is 9.97. The summed E-state index contributed by atoms with van der Waals surface area (Å²) in [5.74, 6) is 0. The zero-order valence-electron chi connectivity index (χ0n) is 26.1. The van der Waals surface area contributed by atoms with Crippen molar-refractivity contribution >= 4 is 86.7 Å². The molecule has 0 saturated carbocycles. The predicted molar refractivity (Wildman–Crippen MR) is 205 cm³/mol. The molecule has 0 radical (unpaired) electrons. The van der Waals surface area contributed by atoms with Gasteiger partial charge in [-0.1, -0.05) is 133 Å². The molecular formula is C46H28N2. The van der Waals surface area contributed by atoms with Gasteiger partial charge in [-0.15, -0.1) is 0 Å². The zero-order chi connectivity index (χ0) is 31.3. The molecule has 0 amide bonds. The zero-order valence-corrected chi connectivity index (χ0v) is 26.1. The van der Waals surface area contributed by atoms with Gasteiger partial charge < -0.3 is 9.13 Å². The normalized spacial score (nSPS) is 12.2. The SMILES string of the molecule is c1ccc2cc(-n3c4ccccc4c4ccc5c6ccccc6n(-c6ccc7ccc8c9ccccc9ccc8c7c6)c5c43)ccc2c1. The molecule has 222 valence electrons. The summed E-state index contributed by atoms with van der Waals surface area (Å²) in [6.07, 6.45) is 0. The Labute approximate surface area is 276 Å². The van der Waals surface area contributed by atoms with E-state index < -0.39 is 0 Å². The molecule has 0 aliphatic rings. The summed E-state index contributed by atoms with van der Waals surface area (Å²) in [6.45, 7) is 0. The first-order chi connectivity index (χ1) is 23.8. The van der Waals surface area contributed by atoms with Crippen molar-refractivity contribution in [1.82, 2.24) is 9.13 Å². The van der Waals surface area contributed by atoms with Gasteiger partial charge >= 0.3 is 0 Å². The first kappa shape index (κ1) is 25.8. The molecule has 48 heavy (non-hydrogen) atoms. The minimum Gasteiger partial charge on any atom is -0.307 e. The quantitative estimate of drug-likeness (QED) is 0.173. The van der Waals surface area contributed by atoms with Crippen LogP contribution in [0.3, 0.4) is 0 Å². The highest BCUT2D eigenvalue weighted by Gasteiger charge is 2.21. The lowest BCUT2D eigenvalue weighted by Crippen LogP contribution is -1.99. The summed E-state index contributed by atoms with van der Waals surface area (Å²) in [5.41, 5.74) is 7.20. The lowest BCUT2D eigenvalue weighted by Gasteiger charge is -2.14. The highest BCUT2D eigenvalue weighted by Crippen LogP contribution is 2.42. The van der Waals surface area contributed by atoms with Crippen LogP contribution >= 0.6 is 0 Å². The monoisotopic (exact) mass is 608 g/mol. The largest absolute Gasteiger partial charge is 0.307 e. The van der Waals surface area contributed by atoms with E-state index in [0.29, 0.717) is 0 Å². The minimum absolute atomic E-state index is 1.16. The van der Waals surface area contributed by atoms with Gasteiger partial charge in [0.05, 0.1) is 22.1 Å². The van der Waals surface area contributed by atoms with Crippen LogP contribution in [0.5, 0.6) is 0 Å². The highest BCUT2D eigenvalue weighted by atomic mass is 15.0. The van der Waals surface area contributed by atoms with E-state index in [4.69, 9.17) is 0 Å². The molecule has 2 heterocycles. The molecule has 11 aromatic rings. The summed E-state index contributed by atoms with van der Waals surface area (Å²) < 4.78 is 4.99. The molecule has 0 unspecified atom stereocenters. The topological polar surface area (TPSA) is 9.86 Å². The first-order valence-corrected chi connectivity index (χ1v) is 16.6. The van der Waals surface area contributed by atoms with E-state index in [2.05, 4.69) is 179 Å². The van der Waals surface area contributed by atoms with Gasteiger partial charge in [-0.2, -0.15) is 0 Å². The number of hydrogen-bond acceptors (Lipinski definition) is 0. The van der Waals surface area contributed by atoms with Crippen molar-refractivity contribution in [3.8, 4) is 11.4 Å². The van der Waals surface area contributed by atoms with Crippen molar-refractivity contribution in [1.29, 1.82) is 0 Å². The second-order valence-corrected chi connectivity index (χ2v) is 12.9. The molecule has 2 nitrogen and oxygen atoms in total. The maximum Gasteiger partial charge on any atom is 0.0788 e. The van der Waals surface area contributed by atoms with Gasteiger partial charge in [-0.25, -0.2) is 0 Å². The molecule has 9 aromatic carbocycles. The highest BCUT2D eigenvalue weighted by molar-refractivity contribution is 6.24. The summed E-state index contributed by atoms with van der Waals surface area (Å²) in [5, 5.41) is 15.2. The summed E-state index contributed by atoms with van der Waals surface area (Å²) in [6, 6.07) is 62.6. The van der Waals surface area contributed by atoms with Crippen LogP contribution in [0.25, 0.3) is 98.1 Å². The third-order valence-corrected chi connectivity index (χ3v) is 10.4. The molecule has 0 N–H and O–H groups in total. The second kappa shape index (κ2) is 9.57. The second-order valence-electron chi connectivity index (χ2n) is 12.9. The number of nitrogens with zero attached hydrogens (tertiary/aromatic N) is 2. The molecule has 2 heteroatoms. The van der Waals surface area contributed by atoms with Crippen LogP contribution in [0.2, 0.25) is 0 Å². The smallest absolute Gasteiger partial charge is 0.0788 e.